The third-order valence-corrected chi connectivity index (χ3v) is 7.94. The number of rotatable bonds is 2. The lowest BCUT2D eigenvalue weighted by Gasteiger charge is -2.13. The van der Waals surface area contributed by atoms with Crippen LogP contribution in [-0.2, 0) is 0 Å². The van der Waals surface area contributed by atoms with Crippen LogP contribution in [0.4, 0.5) is 0 Å². The molecule has 2 heterocycles. The monoisotopic (exact) mass is 440 g/mol. The lowest BCUT2D eigenvalue weighted by atomic mass is 9.91. The maximum Gasteiger partial charge on any atom is 0.143 e. The Hall–Kier alpha value is -3.88. The van der Waals surface area contributed by atoms with Gasteiger partial charge in [-0.1, -0.05) is 91.0 Å². The maximum atomic E-state index is 6.35. The molecule has 0 N–H and O–H groups in total. The molecule has 1 nitrogen and oxygen atoms in total. The van der Waals surface area contributed by atoms with Gasteiger partial charge >= 0.3 is 0 Å². The fraction of sp³-hybridized carbons (Fsp3) is 0.0323. The van der Waals surface area contributed by atoms with E-state index in [0.29, 0.717) is 0 Å². The molecule has 0 aliphatic carbocycles. The van der Waals surface area contributed by atoms with Gasteiger partial charge in [-0.3, -0.25) is 0 Å². The van der Waals surface area contributed by atoms with Crippen molar-refractivity contribution in [3.8, 4) is 22.3 Å². The van der Waals surface area contributed by atoms with Crippen molar-refractivity contribution in [1.82, 2.24) is 0 Å². The van der Waals surface area contributed by atoms with Crippen LogP contribution in [0.15, 0.2) is 108 Å². The Morgan fingerprint density at radius 2 is 1.12 bits per heavy atom. The third kappa shape index (κ3) is 2.71. The molecule has 0 spiro atoms. The largest absolute Gasteiger partial charge is 0.455 e. The highest BCUT2D eigenvalue weighted by Crippen LogP contribution is 2.43. The van der Waals surface area contributed by atoms with Crippen LogP contribution in [0, 0.1) is 6.92 Å². The summed E-state index contributed by atoms with van der Waals surface area (Å²) in [5.74, 6) is 0. The first kappa shape index (κ1) is 18.7. The summed E-state index contributed by atoms with van der Waals surface area (Å²) in [4.78, 5) is 0. The minimum atomic E-state index is 0.934. The van der Waals surface area contributed by atoms with Crippen LogP contribution in [0.25, 0.3) is 64.4 Å². The quantitative estimate of drug-likeness (QED) is 0.261. The molecule has 7 aromatic rings. The third-order valence-electron chi connectivity index (χ3n) is 6.72. The fourth-order valence-corrected chi connectivity index (χ4v) is 6.37. The van der Waals surface area contributed by atoms with Crippen molar-refractivity contribution in [3.05, 3.63) is 109 Å². The van der Waals surface area contributed by atoms with Crippen LogP contribution in [0.3, 0.4) is 0 Å². The van der Waals surface area contributed by atoms with E-state index < -0.39 is 0 Å². The van der Waals surface area contributed by atoms with Crippen LogP contribution in [-0.4, -0.2) is 0 Å². The zero-order chi connectivity index (χ0) is 21.9. The van der Waals surface area contributed by atoms with E-state index in [-0.39, 0.29) is 0 Å². The van der Waals surface area contributed by atoms with Gasteiger partial charge in [-0.25, -0.2) is 0 Å². The molecular weight excluding hydrogens is 420 g/mol. The van der Waals surface area contributed by atoms with E-state index in [1.807, 2.05) is 23.5 Å². The molecule has 0 amide bonds. The van der Waals surface area contributed by atoms with E-state index >= 15 is 0 Å². The molecule has 33 heavy (non-hydrogen) atoms. The van der Waals surface area contributed by atoms with Gasteiger partial charge in [0.25, 0.3) is 0 Å². The van der Waals surface area contributed by atoms with Crippen LogP contribution < -0.4 is 0 Å². The lowest BCUT2D eigenvalue weighted by molar-refractivity contribution is 0.670. The number of para-hydroxylation sites is 2. The van der Waals surface area contributed by atoms with Crippen molar-refractivity contribution in [2.24, 2.45) is 0 Å². The summed E-state index contributed by atoms with van der Waals surface area (Å²) < 4.78 is 9.03. The van der Waals surface area contributed by atoms with Gasteiger partial charge in [-0.2, -0.15) is 0 Å². The molecule has 0 radical (unpaired) electrons. The number of hydrogen-bond donors (Lipinski definition) is 0. The van der Waals surface area contributed by atoms with Crippen LogP contribution in [0.5, 0.6) is 0 Å². The number of benzene rings is 5. The minimum absolute atomic E-state index is 0.934. The van der Waals surface area contributed by atoms with E-state index in [1.54, 1.807) is 0 Å². The molecule has 0 aliphatic rings. The van der Waals surface area contributed by atoms with Crippen molar-refractivity contribution in [2.75, 3.05) is 0 Å². The van der Waals surface area contributed by atoms with E-state index in [4.69, 9.17) is 4.42 Å². The highest BCUT2D eigenvalue weighted by Gasteiger charge is 2.17. The molecule has 0 saturated heterocycles. The molecule has 0 aliphatic heterocycles. The summed E-state index contributed by atoms with van der Waals surface area (Å²) in [6, 6.07) is 36.8. The van der Waals surface area contributed by atoms with Gasteiger partial charge in [0, 0.05) is 36.5 Å². The van der Waals surface area contributed by atoms with E-state index in [1.165, 1.54) is 53.2 Å². The van der Waals surface area contributed by atoms with Crippen molar-refractivity contribution in [2.45, 2.75) is 6.92 Å². The van der Waals surface area contributed by atoms with Gasteiger partial charge in [-0.15, -0.1) is 11.3 Å². The van der Waals surface area contributed by atoms with Gasteiger partial charge in [0.15, 0.2) is 0 Å². The smallest absolute Gasteiger partial charge is 0.143 e. The molecule has 0 bridgehead atoms. The maximum absolute atomic E-state index is 6.35. The van der Waals surface area contributed by atoms with Crippen molar-refractivity contribution >= 4 is 53.4 Å². The van der Waals surface area contributed by atoms with Gasteiger partial charge in [0.2, 0.25) is 0 Å². The molecule has 2 heteroatoms. The zero-order valence-corrected chi connectivity index (χ0v) is 18.9. The van der Waals surface area contributed by atoms with E-state index in [2.05, 4.69) is 97.9 Å². The summed E-state index contributed by atoms with van der Waals surface area (Å²) in [6.07, 6.45) is 0. The zero-order valence-electron chi connectivity index (χ0n) is 18.1. The Morgan fingerprint density at radius 1 is 0.515 bits per heavy atom. The Labute approximate surface area is 195 Å². The van der Waals surface area contributed by atoms with Crippen molar-refractivity contribution in [1.29, 1.82) is 0 Å². The first-order valence-electron chi connectivity index (χ1n) is 11.2. The Balaban J connectivity index is 1.49. The van der Waals surface area contributed by atoms with E-state index in [9.17, 15) is 0 Å². The first-order chi connectivity index (χ1) is 16.3. The van der Waals surface area contributed by atoms with Gasteiger partial charge < -0.3 is 4.42 Å². The molecular formula is C31H20OS. The second-order valence-electron chi connectivity index (χ2n) is 8.54. The average molecular weight is 441 g/mol. The number of furan rings is 1. The molecule has 0 atom stereocenters. The van der Waals surface area contributed by atoms with Crippen LogP contribution in [0.1, 0.15) is 5.56 Å². The number of thiophene rings is 1. The predicted molar refractivity (Wildman–Crippen MR) is 142 cm³/mol. The second kappa shape index (κ2) is 7.06. The van der Waals surface area contributed by atoms with Gasteiger partial charge in [0.05, 0.1) is 0 Å². The lowest BCUT2D eigenvalue weighted by Crippen LogP contribution is -1.89. The summed E-state index contributed by atoms with van der Waals surface area (Å²) in [5.41, 5.74) is 8.10. The molecule has 0 unspecified atom stereocenters. The highest BCUT2D eigenvalue weighted by molar-refractivity contribution is 7.26. The number of hydrogen-bond acceptors (Lipinski definition) is 2. The molecule has 2 aromatic heterocycles. The van der Waals surface area contributed by atoms with Crippen LogP contribution in [0.2, 0.25) is 0 Å². The standard InChI is InChI=1S/C31H20OS/c1-19-20(24-13-7-14-25-22-9-2-4-17-28(22)32-30(24)25)11-6-12-21(19)26-15-8-16-27-23-10-3-5-18-29(23)33-31(26)27/h2-18H,1H3. The number of fused-ring (bicyclic) bond motifs is 6. The van der Waals surface area contributed by atoms with Crippen LogP contribution >= 0.6 is 11.3 Å². The van der Waals surface area contributed by atoms with Crippen molar-refractivity contribution in [3.63, 3.8) is 0 Å². The Kier molecular flexibility index (Phi) is 3.99. The Morgan fingerprint density at radius 3 is 2.00 bits per heavy atom. The highest BCUT2D eigenvalue weighted by atomic mass is 32.1. The molecule has 0 fully saturated rings. The SMILES string of the molecule is Cc1c(-c2cccc3c2oc2ccccc23)cccc1-c1cccc2c1sc1ccccc12. The molecule has 156 valence electrons. The summed E-state index contributed by atoms with van der Waals surface area (Å²) in [7, 11) is 0. The fourth-order valence-electron chi connectivity index (χ4n) is 5.14. The normalized spacial score (nSPS) is 11.8. The van der Waals surface area contributed by atoms with Gasteiger partial charge in [0.1, 0.15) is 11.2 Å². The van der Waals surface area contributed by atoms with Crippen molar-refractivity contribution < 1.29 is 4.42 Å². The Bertz CT molecular complexity index is 1700. The second-order valence-corrected chi connectivity index (χ2v) is 9.59. The van der Waals surface area contributed by atoms with E-state index in [0.717, 1.165) is 16.7 Å². The molecule has 5 aromatic carbocycles. The average Bonchev–Trinajstić information content (AvgIpc) is 3.43. The summed E-state index contributed by atoms with van der Waals surface area (Å²) >= 11 is 1.88. The summed E-state index contributed by atoms with van der Waals surface area (Å²) in [5, 5.41) is 5.00. The topological polar surface area (TPSA) is 13.1 Å². The predicted octanol–water partition coefficient (Wildman–Crippen LogP) is 9.60. The molecule has 7 rings (SSSR count). The first-order valence-corrected chi connectivity index (χ1v) is 12.0. The summed E-state index contributed by atoms with van der Waals surface area (Å²) in [6.45, 7) is 2.23. The van der Waals surface area contributed by atoms with Gasteiger partial charge in [-0.05, 0) is 41.3 Å². The molecule has 0 saturated carbocycles. The minimum Gasteiger partial charge on any atom is -0.455 e.